The van der Waals surface area contributed by atoms with Gasteiger partial charge < -0.3 is 5.32 Å². The quantitative estimate of drug-likeness (QED) is 0.716. The first-order valence-corrected chi connectivity index (χ1v) is 10.8. The number of carbonyl (C=O) groups excluding carboxylic acids is 4. The van der Waals surface area contributed by atoms with E-state index in [9.17, 15) is 19.2 Å². The molecule has 1 aromatic rings. The molecule has 4 aliphatic rings. The van der Waals surface area contributed by atoms with Crippen LogP contribution in [0.15, 0.2) is 18.2 Å². The van der Waals surface area contributed by atoms with Gasteiger partial charge in [-0.3, -0.25) is 34.3 Å². The van der Waals surface area contributed by atoms with Crippen LogP contribution in [0.2, 0.25) is 0 Å². The van der Waals surface area contributed by atoms with Crippen molar-refractivity contribution in [1.82, 2.24) is 20.4 Å². The van der Waals surface area contributed by atoms with Gasteiger partial charge in [0.25, 0.3) is 11.8 Å². The SMILES string of the molecule is O=C1CCC(N2C(=O)c3ccc(CN4CCCCC45CCNC5)cc3C2=O)C(=O)N1. The van der Waals surface area contributed by atoms with Gasteiger partial charge in [0.1, 0.15) is 6.04 Å². The molecule has 4 heterocycles. The van der Waals surface area contributed by atoms with E-state index in [1.165, 1.54) is 19.3 Å². The third-order valence-corrected chi connectivity index (χ3v) is 7.09. The number of piperidine rings is 2. The van der Waals surface area contributed by atoms with E-state index in [1.807, 2.05) is 12.1 Å². The Balaban J connectivity index is 1.38. The second-order valence-electron chi connectivity index (χ2n) is 8.86. The molecule has 1 aromatic carbocycles. The number of nitrogens with one attached hydrogen (secondary N) is 2. The molecule has 158 valence electrons. The van der Waals surface area contributed by atoms with Crippen LogP contribution in [0.25, 0.3) is 0 Å². The van der Waals surface area contributed by atoms with Crippen LogP contribution in [0.3, 0.4) is 0 Å². The van der Waals surface area contributed by atoms with Crippen molar-refractivity contribution < 1.29 is 19.2 Å². The van der Waals surface area contributed by atoms with E-state index in [4.69, 9.17) is 0 Å². The van der Waals surface area contributed by atoms with Gasteiger partial charge in [-0.2, -0.15) is 0 Å². The molecule has 2 atom stereocenters. The minimum absolute atomic E-state index is 0.125. The van der Waals surface area contributed by atoms with Crippen LogP contribution in [0.4, 0.5) is 0 Å². The Hall–Kier alpha value is -2.58. The highest BCUT2D eigenvalue weighted by molar-refractivity contribution is 6.23. The summed E-state index contributed by atoms with van der Waals surface area (Å²) in [6, 6.07) is 4.52. The summed E-state index contributed by atoms with van der Waals surface area (Å²) < 4.78 is 0. The zero-order valence-corrected chi connectivity index (χ0v) is 16.9. The highest BCUT2D eigenvalue weighted by atomic mass is 16.2. The number of carbonyl (C=O) groups is 4. The predicted molar refractivity (Wildman–Crippen MR) is 108 cm³/mol. The molecule has 4 aliphatic heterocycles. The Morgan fingerprint density at radius 1 is 1.03 bits per heavy atom. The van der Waals surface area contributed by atoms with Crippen LogP contribution in [0.5, 0.6) is 0 Å². The second kappa shape index (κ2) is 7.28. The topological polar surface area (TPSA) is 98.8 Å². The summed E-state index contributed by atoms with van der Waals surface area (Å²) in [5.41, 5.74) is 1.89. The zero-order valence-electron chi connectivity index (χ0n) is 16.9. The summed E-state index contributed by atoms with van der Waals surface area (Å²) in [6.45, 7) is 3.82. The van der Waals surface area contributed by atoms with Crippen LogP contribution >= 0.6 is 0 Å². The molecule has 8 nitrogen and oxygen atoms in total. The Bertz CT molecular complexity index is 937. The van der Waals surface area contributed by atoms with Crippen LogP contribution < -0.4 is 10.6 Å². The number of hydrogen-bond donors (Lipinski definition) is 2. The van der Waals surface area contributed by atoms with Crippen LogP contribution in [-0.2, 0) is 16.1 Å². The van der Waals surface area contributed by atoms with Crippen LogP contribution in [0.1, 0.15) is 64.8 Å². The average Bonchev–Trinajstić information content (AvgIpc) is 3.29. The Morgan fingerprint density at radius 2 is 1.87 bits per heavy atom. The van der Waals surface area contributed by atoms with Gasteiger partial charge in [-0.25, -0.2) is 0 Å². The summed E-state index contributed by atoms with van der Waals surface area (Å²) in [5.74, 6) is -1.84. The minimum atomic E-state index is -0.923. The molecule has 3 saturated heterocycles. The van der Waals surface area contributed by atoms with Crippen molar-refractivity contribution in [2.24, 2.45) is 0 Å². The Labute approximate surface area is 175 Å². The lowest BCUT2D eigenvalue weighted by Crippen LogP contribution is -2.54. The minimum Gasteiger partial charge on any atom is -0.315 e. The highest BCUT2D eigenvalue weighted by Gasteiger charge is 2.45. The lowest BCUT2D eigenvalue weighted by molar-refractivity contribution is -0.136. The van der Waals surface area contributed by atoms with Gasteiger partial charge in [-0.15, -0.1) is 0 Å². The molecule has 1 spiro atoms. The second-order valence-corrected chi connectivity index (χ2v) is 8.86. The zero-order chi connectivity index (χ0) is 20.9. The van der Waals surface area contributed by atoms with E-state index in [0.29, 0.717) is 11.1 Å². The first-order chi connectivity index (χ1) is 14.5. The molecule has 0 aliphatic carbocycles. The van der Waals surface area contributed by atoms with Crippen LogP contribution in [0, 0.1) is 0 Å². The molecular weight excluding hydrogens is 384 g/mol. The molecule has 0 radical (unpaired) electrons. The molecule has 3 fully saturated rings. The van der Waals surface area contributed by atoms with Gasteiger partial charge >= 0.3 is 0 Å². The third-order valence-electron chi connectivity index (χ3n) is 7.09. The summed E-state index contributed by atoms with van der Waals surface area (Å²) in [6.07, 6.45) is 5.04. The highest BCUT2D eigenvalue weighted by Crippen LogP contribution is 2.35. The van der Waals surface area contributed by atoms with Crippen molar-refractivity contribution in [2.45, 2.75) is 56.7 Å². The molecule has 2 N–H and O–H groups in total. The largest absolute Gasteiger partial charge is 0.315 e. The maximum atomic E-state index is 13.0. The van der Waals surface area contributed by atoms with Gasteiger partial charge in [-0.05, 0) is 56.5 Å². The normalized spacial score (nSPS) is 29.6. The van der Waals surface area contributed by atoms with E-state index >= 15 is 0 Å². The van der Waals surface area contributed by atoms with Gasteiger partial charge in [-0.1, -0.05) is 12.5 Å². The van der Waals surface area contributed by atoms with Crippen molar-refractivity contribution in [2.75, 3.05) is 19.6 Å². The maximum absolute atomic E-state index is 13.0. The van der Waals surface area contributed by atoms with Gasteiger partial charge in [0.2, 0.25) is 11.8 Å². The van der Waals surface area contributed by atoms with Crippen molar-refractivity contribution in [3.8, 4) is 0 Å². The summed E-state index contributed by atoms with van der Waals surface area (Å²) in [4.78, 5) is 53.1. The molecule has 4 amide bonds. The number of hydrogen-bond acceptors (Lipinski definition) is 6. The fraction of sp³-hybridized carbons (Fsp3) is 0.545. The summed E-state index contributed by atoms with van der Waals surface area (Å²) >= 11 is 0. The van der Waals surface area contributed by atoms with E-state index in [2.05, 4.69) is 15.5 Å². The number of fused-ring (bicyclic) bond motifs is 1. The summed E-state index contributed by atoms with van der Waals surface area (Å²) in [5, 5.41) is 5.72. The van der Waals surface area contributed by atoms with E-state index < -0.39 is 23.8 Å². The first kappa shape index (κ1) is 19.4. The molecule has 5 rings (SSSR count). The smallest absolute Gasteiger partial charge is 0.262 e. The Kier molecular flexibility index (Phi) is 4.71. The first-order valence-electron chi connectivity index (χ1n) is 10.8. The lowest BCUT2D eigenvalue weighted by atomic mass is 9.85. The number of rotatable bonds is 3. The number of benzene rings is 1. The molecule has 0 bridgehead atoms. The van der Waals surface area contributed by atoms with Gasteiger partial charge in [0, 0.05) is 25.0 Å². The van der Waals surface area contributed by atoms with Gasteiger partial charge in [0.15, 0.2) is 0 Å². The number of imide groups is 2. The Morgan fingerprint density at radius 3 is 2.63 bits per heavy atom. The van der Waals surface area contributed by atoms with E-state index in [1.54, 1.807) is 6.07 Å². The lowest BCUT2D eigenvalue weighted by Gasteiger charge is -2.44. The van der Waals surface area contributed by atoms with Crippen molar-refractivity contribution in [1.29, 1.82) is 0 Å². The number of nitrogens with zero attached hydrogens (tertiary/aromatic N) is 2. The van der Waals surface area contributed by atoms with E-state index in [0.717, 1.165) is 43.1 Å². The van der Waals surface area contributed by atoms with Gasteiger partial charge in [0.05, 0.1) is 11.1 Å². The van der Waals surface area contributed by atoms with Crippen molar-refractivity contribution >= 4 is 23.6 Å². The van der Waals surface area contributed by atoms with Crippen molar-refractivity contribution in [3.05, 3.63) is 34.9 Å². The van der Waals surface area contributed by atoms with Crippen molar-refractivity contribution in [3.63, 3.8) is 0 Å². The molecule has 30 heavy (non-hydrogen) atoms. The number of likely N-dealkylation sites (tertiary alicyclic amines) is 1. The number of amides is 4. The molecule has 8 heteroatoms. The summed E-state index contributed by atoms with van der Waals surface area (Å²) in [7, 11) is 0. The molecular formula is C22H26N4O4. The maximum Gasteiger partial charge on any atom is 0.262 e. The van der Waals surface area contributed by atoms with E-state index in [-0.39, 0.29) is 24.3 Å². The molecule has 0 saturated carbocycles. The molecule has 2 unspecified atom stereocenters. The third kappa shape index (κ3) is 3.06. The van der Waals surface area contributed by atoms with Crippen LogP contribution in [-0.4, -0.2) is 64.6 Å². The fourth-order valence-corrected chi connectivity index (χ4v) is 5.45. The average molecular weight is 410 g/mol. The molecule has 0 aromatic heterocycles. The predicted octanol–water partition coefficient (Wildman–Crippen LogP) is 0.806. The monoisotopic (exact) mass is 410 g/mol. The standard InChI is InChI=1S/C22H26N4O4/c27-18-6-5-17(19(28)24-18)26-20(29)15-4-3-14(11-16(15)21(26)30)12-25-10-2-1-7-22(25)8-9-23-13-22/h3-4,11,17,23H,1-2,5-10,12-13H2,(H,24,27,28). The fourth-order valence-electron chi connectivity index (χ4n) is 5.45.